The van der Waals surface area contributed by atoms with Crippen molar-refractivity contribution in [2.24, 2.45) is 0 Å². The van der Waals surface area contributed by atoms with Crippen LogP contribution in [0.15, 0.2) is 41.0 Å². The van der Waals surface area contributed by atoms with Crippen molar-refractivity contribution in [2.45, 2.75) is 20.0 Å². The van der Waals surface area contributed by atoms with Gasteiger partial charge in [0.15, 0.2) is 0 Å². The second kappa shape index (κ2) is 3.91. The molecule has 2 nitrogen and oxygen atoms in total. The molecule has 0 aliphatic rings. The molecule has 2 aromatic rings. The molecule has 15 heavy (non-hydrogen) atoms. The zero-order chi connectivity index (χ0) is 10.8. The summed E-state index contributed by atoms with van der Waals surface area (Å²) in [5.74, 6) is 0.585. The van der Waals surface area contributed by atoms with Crippen molar-refractivity contribution in [2.75, 3.05) is 0 Å². The summed E-state index contributed by atoms with van der Waals surface area (Å²) in [6, 6.07) is 9.56. The number of rotatable bonds is 2. The highest BCUT2D eigenvalue weighted by Gasteiger charge is 2.14. The lowest BCUT2D eigenvalue weighted by atomic mass is 10.00. The second-order valence-corrected chi connectivity index (χ2v) is 3.78. The maximum Gasteiger partial charge on any atom is 0.137 e. The molecule has 0 amide bonds. The first-order valence-electron chi connectivity index (χ1n) is 4.97. The van der Waals surface area contributed by atoms with Crippen LogP contribution in [-0.2, 0) is 0 Å². The van der Waals surface area contributed by atoms with Gasteiger partial charge in [-0.2, -0.15) is 0 Å². The van der Waals surface area contributed by atoms with E-state index in [1.165, 1.54) is 5.56 Å². The van der Waals surface area contributed by atoms with Crippen LogP contribution in [0.4, 0.5) is 0 Å². The molecule has 1 atom stereocenters. The number of benzene rings is 1. The smallest absolute Gasteiger partial charge is 0.137 e. The number of aliphatic hydroxyl groups is 1. The van der Waals surface area contributed by atoms with Crippen LogP contribution in [0.2, 0.25) is 0 Å². The summed E-state index contributed by atoms with van der Waals surface area (Å²) in [6.07, 6.45) is 0.905. The van der Waals surface area contributed by atoms with E-state index in [9.17, 15) is 5.11 Å². The van der Waals surface area contributed by atoms with E-state index in [0.717, 1.165) is 11.1 Å². The lowest BCUT2D eigenvalue weighted by Gasteiger charge is -2.11. The average Bonchev–Trinajstić information content (AvgIpc) is 2.69. The molecule has 0 aliphatic heterocycles. The normalized spacial score (nSPS) is 12.7. The molecular weight excluding hydrogens is 188 g/mol. The van der Waals surface area contributed by atoms with Crippen LogP contribution in [0.3, 0.4) is 0 Å². The van der Waals surface area contributed by atoms with Gasteiger partial charge in [0.25, 0.3) is 0 Å². The number of furan rings is 1. The SMILES string of the molecule is Cc1ccc(C(O)c2ccco2)c(C)c1. The molecule has 1 unspecified atom stereocenters. The van der Waals surface area contributed by atoms with Gasteiger partial charge in [-0.25, -0.2) is 0 Å². The van der Waals surface area contributed by atoms with Gasteiger partial charge < -0.3 is 9.52 Å². The molecule has 78 valence electrons. The standard InChI is InChI=1S/C13H14O2/c1-9-5-6-11(10(2)8-9)13(14)12-4-3-7-15-12/h3-8,13-14H,1-2H3. The number of hydrogen-bond donors (Lipinski definition) is 1. The van der Waals surface area contributed by atoms with E-state index in [1.54, 1.807) is 18.4 Å². The maximum absolute atomic E-state index is 10.1. The first-order valence-corrected chi connectivity index (χ1v) is 4.97. The molecule has 1 N–H and O–H groups in total. The molecule has 2 heteroatoms. The highest BCUT2D eigenvalue weighted by atomic mass is 16.4. The summed E-state index contributed by atoms with van der Waals surface area (Å²) < 4.78 is 5.18. The van der Waals surface area contributed by atoms with Crippen LogP contribution < -0.4 is 0 Å². The van der Waals surface area contributed by atoms with E-state index < -0.39 is 6.10 Å². The predicted octanol–water partition coefficient (Wildman–Crippen LogP) is 2.98. The summed E-state index contributed by atoms with van der Waals surface area (Å²) in [5.41, 5.74) is 3.18. The van der Waals surface area contributed by atoms with Crippen molar-refractivity contribution >= 4 is 0 Å². The lowest BCUT2D eigenvalue weighted by molar-refractivity contribution is 0.188. The van der Waals surface area contributed by atoms with Crippen LogP contribution in [0.1, 0.15) is 28.6 Å². The Hall–Kier alpha value is -1.54. The third kappa shape index (κ3) is 1.95. The topological polar surface area (TPSA) is 33.4 Å². The van der Waals surface area contributed by atoms with Crippen LogP contribution in [0.25, 0.3) is 0 Å². The third-order valence-electron chi connectivity index (χ3n) is 2.53. The van der Waals surface area contributed by atoms with E-state index in [0.29, 0.717) is 5.76 Å². The Morgan fingerprint density at radius 3 is 2.60 bits per heavy atom. The average molecular weight is 202 g/mol. The molecule has 0 radical (unpaired) electrons. The van der Waals surface area contributed by atoms with E-state index >= 15 is 0 Å². The molecule has 0 saturated carbocycles. The molecule has 1 heterocycles. The molecule has 1 aromatic heterocycles. The van der Waals surface area contributed by atoms with Gasteiger partial charge >= 0.3 is 0 Å². The Labute approximate surface area is 89.2 Å². The molecule has 2 rings (SSSR count). The number of aryl methyl sites for hydroxylation is 2. The van der Waals surface area contributed by atoms with Gasteiger partial charge in [0.05, 0.1) is 6.26 Å². The fourth-order valence-corrected chi connectivity index (χ4v) is 1.73. The van der Waals surface area contributed by atoms with Gasteiger partial charge in [-0.1, -0.05) is 23.8 Å². The van der Waals surface area contributed by atoms with Gasteiger partial charge in [-0.15, -0.1) is 0 Å². The van der Waals surface area contributed by atoms with Crippen LogP contribution in [-0.4, -0.2) is 5.11 Å². The van der Waals surface area contributed by atoms with Gasteiger partial charge in [-0.3, -0.25) is 0 Å². The number of hydrogen-bond acceptors (Lipinski definition) is 2. The molecular formula is C13H14O2. The minimum absolute atomic E-state index is 0.585. The van der Waals surface area contributed by atoms with E-state index in [2.05, 4.69) is 6.07 Å². The van der Waals surface area contributed by atoms with Crippen molar-refractivity contribution in [3.05, 3.63) is 59.0 Å². The summed E-state index contributed by atoms with van der Waals surface area (Å²) in [5, 5.41) is 10.1. The molecule has 0 spiro atoms. The van der Waals surface area contributed by atoms with Gasteiger partial charge in [0.2, 0.25) is 0 Å². The third-order valence-corrected chi connectivity index (χ3v) is 2.53. The number of aliphatic hydroxyl groups excluding tert-OH is 1. The predicted molar refractivity (Wildman–Crippen MR) is 58.7 cm³/mol. The molecule has 0 aliphatic carbocycles. The zero-order valence-corrected chi connectivity index (χ0v) is 8.90. The van der Waals surface area contributed by atoms with Crippen LogP contribution in [0.5, 0.6) is 0 Å². The summed E-state index contributed by atoms with van der Waals surface area (Å²) >= 11 is 0. The van der Waals surface area contributed by atoms with Crippen molar-refractivity contribution in [3.63, 3.8) is 0 Å². The monoisotopic (exact) mass is 202 g/mol. The Balaban J connectivity index is 2.38. The lowest BCUT2D eigenvalue weighted by Crippen LogP contribution is -2.00. The fourth-order valence-electron chi connectivity index (χ4n) is 1.73. The zero-order valence-electron chi connectivity index (χ0n) is 8.90. The van der Waals surface area contributed by atoms with Gasteiger partial charge in [-0.05, 0) is 37.1 Å². The fraction of sp³-hybridized carbons (Fsp3) is 0.231. The first-order chi connectivity index (χ1) is 7.18. The molecule has 1 aromatic carbocycles. The van der Waals surface area contributed by atoms with E-state index in [1.807, 2.05) is 26.0 Å². The minimum atomic E-state index is -0.666. The molecule has 0 fully saturated rings. The second-order valence-electron chi connectivity index (χ2n) is 3.78. The van der Waals surface area contributed by atoms with Crippen LogP contribution >= 0.6 is 0 Å². The molecule has 0 bridgehead atoms. The largest absolute Gasteiger partial charge is 0.466 e. The Kier molecular flexibility index (Phi) is 2.60. The summed E-state index contributed by atoms with van der Waals surface area (Å²) in [4.78, 5) is 0. The van der Waals surface area contributed by atoms with Crippen molar-refractivity contribution in [1.82, 2.24) is 0 Å². The summed E-state index contributed by atoms with van der Waals surface area (Å²) in [7, 11) is 0. The Morgan fingerprint density at radius 2 is 2.00 bits per heavy atom. The quantitative estimate of drug-likeness (QED) is 0.812. The van der Waals surface area contributed by atoms with Gasteiger partial charge in [0.1, 0.15) is 11.9 Å². The van der Waals surface area contributed by atoms with Crippen LogP contribution in [0, 0.1) is 13.8 Å². The first kappa shape index (κ1) is 9.99. The maximum atomic E-state index is 10.1. The van der Waals surface area contributed by atoms with E-state index in [4.69, 9.17) is 4.42 Å². The van der Waals surface area contributed by atoms with E-state index in [-0.39, 0.29) is 0 Å². The highest BCUT2D eigenvalue weighted by Crippen LogP contribution is 2.25. The van der Waals surface area contributed by atoms with Crippen molar-refractivity contribution in [1.29, 1.82) is 0 Å². The van der Waals surface area contributed by atoms with Gasteiger partial charge in [0, 0.05) is 0 Å². The highest BCUT2D eigenvalue weighted by molar-refractivity contribution is 5.35. The van der Waals surface area contributed by atoms with Crippen molar-refractivity contribution < 1.29 is 9.52 Å². The van der Waals surface area contributed by atoms with Crippen molar-refractivity contribution in [3.8, 4) is 0 Å². The Bertz CT molecular complexity index is 444. The minimum Gasteiger partial charge on any atom is -0.466 e. The summed E-state index contributed by atoms with van der Waals surface area (Å²) in [6.45, 7) is 4.03. The Morgan fingerprint density at radius 1 is 1.20 bits per heavy atom. The molecule has 0 saturated heterocycles.